The van der Waals surface area contributed by atoms with Gasteiger partial charge < -0.3 is 9.15 Å². The molecule has 130 valence electrons. The number of H-pyrrole nitrogens is 1. The lowest BCUT2D eigenvalue weighted by Crippen LogP contribution is -2.50. The fraction of sp³-hybridized carbons (Fsp3) is 0.562. The molecule has 8 heteroatoms. The van der Waals surface area contributed by atoms with Gasteiger partial charge in [0.25, 0.3) is 5.56 Å². The summed E-state index contributed by atoms with van der Waals surface area (Å²) in [7, 11) is 0. The maximum absolute atomic E-state index is 12.4. The van der Waals surface area contributed by atoms with Crippen molar-refractivity contribution in [2.45, 2.75) is 39.8 Å². The summed E-state index contributed by atoms with van der Waals surface area (Å²) in [5.74, 6) is 0.512. The number of hydrogen-bond acceptors (Lipinski definition) is 6. The third-order valence-electron chi connectivity index (χ3n) is 4.33. The molecule has 0 bridgehead atoms. The molecule has 0 spiro atoms. The Morgan fingerprint density at radius 1 is 1.38 bits per heavy atom. The average Bonchev–Trinajstić information content (AvgIpc) is 2.84. The van der Waals surface area contributed by atoms with Crippen LogP contribution in [0, 0.1) is 13.8 Å². The van der Waals surface area contributed by atoms with Crippen molar-refractivity contribution in [3.8, 4) is 0 Å². The zero-order valence-electron chi connectivity index (χ0n) is 14.3. The Bertz CT molecular complexity index is 825. The number of morpholine rings is 1. The number of aromatic amines is 1. The first kappa shape index (κ1) is 16.7. The van der Waals surface area contributed by atoms with Crippen molar-refractivity contribution >= 4 is 22.6 Å². The summed E-state index contributed by atoms with van der Waals surface area (Å²) in [6, 6.07) is 0.164. The number of fused-ring (bicyclic) bond motifs is 1. The van der Waals surface area contributed by atoms with Crippen molar-refractivity contribution in [1.29, 1.82) is 0 Å². The summed E-state index contributed by atoms with van der Waals surface area (Å²) in [5, 5.41) is 10.1. The van der Waals surface area contributed by atoms with Gasteiger partial charge in [0, 0.05) is 12.6 Å². The Morgan fingerprint density at radius 3 is 2.88 bits per heavy atom. The molecule has 2 aromatic rings. The third-order valence-corrected chi connectivity index (χ3v) is 4.33. The number of aryl methyl sites for hydroxylation is 2. The molecule has 2 atom stereocenters. The SMILES string of the molecule is Cc1n[nH]c(=O)c2c(NC(=O)CN3CC(C)OCC3C)oc(C)c12. The van der Waals surface area contributed by atoms with Crippen LogP contribution in [0.4, 0.5) is 5.88 Å². The van der Waals surface area contributed by atoms with Gasteiger partial charge in [-0.25, -0.2) is 5.10 Å². The number of rotatable bonds is 3. The van der Waals surface area contributed by atoms with Gasteiger partial charge in [0.15, 0.2) is 0 Å². The molecule has 2 aromatic heterocycles. The molecule has 0 saturated carbocycles. The van der Waals surface area contributed by atoms with E-state index < -0.39 is 0 Å². The zero-order chi connectivity index (χ0) is 17.4. The lowest BCUT2D eigenvalue weighted by molar-refractivity contribution is -0.121. The van der Waals surface area contributed by atoms with Gasteiger partial charge >= 0.3 is 0 Å². The third kappa shape index (κ3) is 3.07. The van der Waals surface area contributed by atoms with Crippen LogP contribution in [0.2, 0.25) is 0 Å². The van der Waals surface area contributed by atoms with E-state index in [1.807, 2.05) is 13.8 Å². The Hall–Kier alpha value is -2.19. The van der Waals surface area contributed by atoms with E-state index >= 15 is 0 Å². The molecule has 8 nitrogen and oxygen atoms in total. The summed E-state index contributed by atoms with van der Waals surface area (Å²) in [5.41, 5.74) is 0.276. The Morgan fingerprint density at radius 2 is 2.12 bits per heavy atom. The predicted molar refractivity (Wildman–Crippen MR) is 89.2 cm³/mol. The molecule has 24 heavy (non-hydrogen) atoms. The minimum atomic E-state index is -0.379. The fourth-order valence-electron chi connectivity index (χ4n) is 3.07. The van der Waals surface area contributed by atoms with E-state index in [-0.39, 0.29) is 36.0 Å². The maximum atomic E-state index is 12.4. The number of carbonyl (C=O) groups excluding carboxylic acids is 1. The largest absolute Gasteiger partial charge is 0.444 e. The van der Waals surface area contributed by atoms with E-state index in [4.69, 9.17) is 9.15 Å². The molecule has 1 amide bonds. The van der Waals surface area contributed by atoms with Gasteiger partial charge in [0.2, 0.25) is 11.8 Å². The minimum Gasteiger partial charge on any atom is -0.444 e. The van der Waals surface area contributed by atoms with Crippen LogP contribution < -0.4 is 10.9 Å². The van der Waals surface area contributed by atoms with Crippen molar-refractivity contribution < 1.29 is 13.9 Å². The molecule has 2 unspecified atom stereocenters. The number of ether oxygens (including phenoxy) is 1. The standard InChI is InChI=1S/C16H22N4O4/c1-8-7-23-9(2)5-20(8)6-12(21)17-16-14-13(11(4)24-16)10(3)18-19-15(14)22/h8-9H,5-7H2,1-4H3,(H,17,21)(H,19,22). The monoisotopic (exact) mass is 334 g/mol. The lowest BCUT2D eigenvalue weighted by Gasteiger charge is -2.36. The quantitative estimate of drug-likeness (QED) is 0.874. The molecule has 1 fully saturated rings. The van der Waals surface area contributed by atoms with E-state index in [2.05, 4.69) is 20.4 Å². The minimum absolute atomic E-state index is 0.0947. The second-order valence-corrected chi connectivity index (χ2v) is 6.35. The number of hydrogen-bond donors (Lipinski definition) is 2. The van der Waals surface area contributed by atoms with E-state index in [1.54, 1.807) is 13.8 Å². The van der Waals surface area contributed by atoms with Crippen LogP contribution in [-0.4, -0.2) is 52.8 Å². The van der Waals surface area contributed by atoms with Gasteiger partial charge in [-0.2, -0.15) is 5.10 Å². The van der Waals surface area contributed by atoms with Crippen molar-refractivity contribution in [2.24, 2.45) is 0 Å². The summed E-state index contributed by atoms with van der Waals surface area (Å²) in [6.07, 6.45) is 0.0947. The number of nitrogens with zero attached hydrogens (tertiary/aromatic N) is 2. The van der Waals surface area contributed by atoms with Crippen molar-refractivity contribution in [3.05, 3.63) is 21.8 Å². The van der Waals surface area contributed by atoms with Gasteiger partial charge in [-0.1, -0.05) is 0 Å². The maximum Gasteiger partial charge on any atom is 0.277 e. The molecule has 2 N–H and O–H groups in total. The highest BCUT2D eigenvalue weighted by Gasteiger charge is 2.26. The number of nitrogens with one attached hydrogen (secondary N) is 2. The zero-order valence-corrected chi connectivity index (χ0v) is 14.3. The first-order valence-corrected chi connectivity index (χ1v) is 8.00. The molecule has 0 radical (unpaired) electrons. The number of carbonyl (C=O) groups is 1. The van der Waals surface area contributed by atoms with Crippen molar-refractivity contribution in [3.63, 3.8) is 0 Å². The normalized spacial score (nSPS) is 22.0. The van der Waals surface area contributed by atoms with Crippen LogP contribution in [0.1, 0.15) is 25.3 Å². The van der Waals surface area contributed by atoms with Crippen LogP contribution >= 0.6 is 0 Å². The second kappa shape index (κ2) is 6.37. The van der Waals surface area contributed by atoms with Crippen LogP contribution in [-0.2, 0) is 9.53 Å². The molecule has 1 aliphatic rings. The smallest absolute Gasteiger partial charge is 0.277 e. The van der Waals surface area contributed by atoms with E-state index in [0.29, 0.717) is 35.4 Å². The first-order chi connectivity index (χ1) is 11.4. The molecule has 3 rings (SSSR count). The predicted octanol–water partition coefficient (Wildman–Crippen LogP) is 1.18. The molecular weight excluding hydrogens is 312 g/mol. The summed E-state index contributed by atoms with van der Waals surface area (Å²) in [4.78, 5) is 26.5. The van der Waals surface area contributed by atoms with Gasteiger partial charge in [0.1, 0.15) is 11.1 Å². The van der Waals surface area contributed by atoms with E-state index in [0.717, 1.165) is 0 Å². The highest BCUT2D eigenvalue weighted by Crippen LogP contribution is 2.28. The lowest BCUT2D eigenvalue weighted by atomic mass is 10.2. The Kier molecular flexibility index (Phi) is 4.42. The number of anilines is 1. The Balaban J connectivity index is 1.81. The topological polar surface area (TPSA) is 100 Å². The molecule has 3 heterocycles. The summed E-state index contributed by atoms with van der Waals surface area (Å²) < 4.78 is 11.2. The van der Waals surface area contributed by atoms with E-state index in [1.165, 1.54) is 0 Å². The Labute approximate surface area is 139 Å². The van der Waals surface area contributed by atoms with E-state index in [9.17, 15) is 9.59 Å². The second-order valence-electron chi connectivity index (χ2n) is 6.35. The van der Waals surface area contributed by atoms with Gasteiger partial charge in [-0.05, 0) is 27.7 Å². The number of aromatic nitrogens is 2. The molecule has 0 aromatic carbocycles. The molecule has 1 saturated heterocycles. The van der Waals surface area contributed by atoms with Crippen molar-refractivity contribution in [1.82, 2.24) is 15.1 Å². The first-order valence-electron chi connectivity index (χ1n) is 8.00. The van der Waals surface area contributed by atoms with Crippen LogP contribution in [0.25, 0.3) is 10.8 Å². The van der Waals surface area contributed by atoms with Gasteiger partial charge in [-0.15, -0.1) is 0 Å². The van der Waals surface area contributed by atoms with Gasteiger partial charge in [-0.3, -0.25) is 19.8 Å². The number of furan rings is 1. The van der Waals surface area contributed by atoms with Crippen molar-refractivity contribution in [2.75, 3.05) is 25.0 Å². The molecule has 0 aliphatic carbocycles. The highest BCUT2D eigenvalue weighted by atomic mass is 16.5. The average molecular weight is 334 g/mol. The highest BCUT2D eigenvalue weighted by molar-refractivity contribution is 6.01. The van der Waals surface area contributed by atoms with Crippen LogP contribution in [0.15, 0.2) is 9.21 Å². The van der Waals surface area contributed by atoms with Crippen LogP contribution in [0.3, 0.4) is 0 Å². The van der Waals surface area contributed by atoms with Gasteiger partial charge in [0.05, 0.1) is 30.3 Å². The molecular formula is C16H22N4O4. The number of amides is 1. The summed E-state index contributed by atoms with van der Waals surface area (Å²) >= 11 is 0. The molecule has 1 aliphatic heterocycles. The fourth-order valence-corrected chi connectivity index (χ4v) is 3.07. The summed E-state index contributed by atoms with van der Waals surface area (Å²) in [6.45, 7) is 9.04. The van der Waals surface area contributed by atoms with Crippen LogP contribution in [0.5, 0.6) is 0 Å².